The van der Waals surface area contributed by atoms with Gasteiger partial charge in [0.1, 0.15) is 6.04 Å². The molecule has 4 rings (SSSR count). The van der Waals surface area contributed by atoms with E-state index in [0.717, 1.165) is 21.6 Å². The zero-order valence-corrected chi connectivity index (χ0v) is 19.3. The van der Waals surface area contributed by atoms with Gasteiger partial charge in [-0.05, 0) is 37.3 Å². The molecule has 162 valence electrons. The third-order valence-electron chi connectivity index (χ3n) is 5.82. The summed E-state index contributed by atoms with van der Waals surface area (Å²) in [6.07, 6.45) is 1.76. The number of aromatic nitrogens is 3. The van der Waals surface area contributed by atoms with Crippen LogP contribution in [0.2, 0.25) is 0 Å². The van der Waals surface area contributed by atoms with Crippen LogP contribution in [-0.2, 0) is 0 Å². The number of fused-ring (bicyclic) bond motifs is 1. The molecule has 0 radical (unpaired) electrons. The molecule has 3 aromatic heterocycles. The Bertz CT molecular complexity index is 1100. The number of amides is 1. The Morgan fingerprint density at radius 2 is 1.94 bits per heavy atom. The highest BCUT2D eigenvalue weighted by Gasteiger charge is 2.29. The minimum absolute atomic E-state index is 0.00576. The van der Waals surface area contributed by atoms with Crippen molar-refractivity contribution >= 4 is 28.3 Å². The molecule has 3 aromatic rings. The Morgan fingerprint density at radius 3 is 2.52 bits per heavy atom. The van der Waals surface area contributed by atoms with Crippen LogP contribution >= 0.6 is 11.3 Å². The fraction of sp³-hybridized carbons (Fsp3) is 0.478. The normalized spacial score (nSPS) is 16.2. The standard InChI is InChI=1S/C23H28N6OS/c1-15(2)20(13-24)27-7-9-28(10-8-27)23(30)17-12-19(21-6-5-11-31-21)26-22-18(17)14-25-29(22)16(3)4/h5-6,11-12,14-16,20H,7-10H2,1-4H3. The van der Waals surface area contributed by atoms with Crippen LogP contribution in [0.15, 0.2) is 29.8 Å². The van der Waals surface area contributed by atoms with Crippen molar-refractivity contribution < 1.29 is 4.79 Å². The summed E-state index contributed by atoms with van der Waals surface area (Å²) in [5.41, 5.74) is 2.19. The van der Waals surface area contributed by atoms with Crippen LogP contribution in [0, 0.1) is 17.2 Å². The lowest BCUT2D eigenvalue weighted by atomic mass is 10.0. The molecule has 31 heavy (non-hydrogen) atoms. The van der Waals surface area contributed by atoms with Crippen LogP contribution in [0.4, 0.5) is 0 Å². The van der Waals surface area contributed by atoms with Gasteiger partial charge in [0.2, 0.25) is 0 Å². The van der Waals surface area contributed by atoms with E-state index in [1.54, 1.807) is 17.5 Å². The molecule has 0 bridgehead atoms. The van der Waals surface area contributed by atoms with Crippen LogP contribution in [-0.4, -0.2) is 62.7 Å². The van der Waals surface area contributed by atoms with E-state index in [0.29, 0.717) is 31.7 Å². The summed E-state index contributed by atoms with van der Waals surface area (Å²) in [6, 6.07) is 8.37. The molecule has 1 unspecified atom stereocenters. The van der Waals surface area contributed by atoms with E-state index >= 15 is 0 Å². The molecule has 0 aromatic carbocycles. The number of rotatable bonds is 5. The zero-order valence-electron chi connectivity index (χ0n) is 18.4. The van der Waals surface area contributed by atoms with Crippen LogP contribution in [0.5, 0.6) is 0 Å². The number of carbonyl (C=O) groups excluding carboxylic acids is 1. The Kier molecular flexibility index (Phi) is 6.08. The summed E-state index contributed by atoms with van der Waals surface area (Å²) in [5.74, 6) is 0.272. The van der Waals surface area contributed by atoms with Gasteiger partial charge in [-0.2, -0.15) is 10.4 Å². The van der Waals surface area contributed by atoms with E-state index in [4.69, 9.17) is 4.98 Å². The zero-order chi connectivity index (χ0) is 22.1. The maximum atomic E-state index is 13.6. The number of thiophene rings is 1. The Labute approximate surface area is 186 Å². The second kappa shape index (κ2) is 8.77. The molecule has 1 aliphatic rings. The SMILES string of the molecule is CC(C)C(C#N)N1CCN(C(=O)c2cc(-c3cccs3)nc3c2cnn3C(C)C)CC1. The monoisotopic (exact) mass is 436 g/mol. The molecule has 7 nitrogen and oxygen atoms in total. The van der Waals surface area contributed by atoms with Gasteiger partial charge in [0.05, 0.1) is 33.8 Å². The van der Waals surface area contributed by atoms with Crippen molar-refractivity contribution in [1.29, 1.82) is 5.26 Å². The highest BCUT2D eigenvalue weighted by molar-refractivity contribution is 7.13. The van der Waals surface area contributed by atoms with Crippen molar-refractivity contribution in [3.8, 4) is 16.6 Å². The first-order valence-electron chi connectivity index (χ1n) is 10.8. The average molecular weight is 437 g/mol. The number of pyridine rings is 1. The van der Waals surface area contributed by atoms with Crippen molar-refractivity contribution in [2.45, 2.75) is 39.8 Å². The van der Waals surface area contributed by atoms with Gasteiger partial charge in [-0.3, -0.25) is 9.69 Å². The predicted octanol–water partition coefficient (Wildman–Crippen LogP) is 4.05. The maximum Gasteiger partial charge on any atom is 0.254 e. The average Bonchev–Trinajstić information content (AvgIpc) is 3.43. The summed E-state index contributed by atoms with van der Waals surface area (Å²) in [4.78, 5) is 23.5. The van der Waals surface area contributed by atoms with Crippen molar-refractivity contribution in [3.63, 3.8) is 0 Å². The Morgan fingerprint density at radius 1 is 1.19 bits per heavy atom. The Hall–Kier alpha value is -2.76. The van der Waals surface area contributed by atoms with Gasteiger partial charge >= 0.3 is 0 Å². The van der Waals surface area contributed by atoms with Gasteiger partial charge in [-0.25, -0.2) is 9.67 Å². The molecule has 1 amide bonds. The topological polar surface area (TPSA) is 78.1 Å². The molecule has 1 aliphatic heterocycles. The first-order valence-corrected chi connectivity index (χ1v) is 11.6. The summed E-state index contributed by atoms with van der Waals surface area (Å²) in [6.45, 7) is 10.9. The first kappa shape index (κ1) is 21.5. The van der Waals surface area contributed by atoms with E-state index < -0.39 is 0 Å². The van der Waals surface area contributed by atoms with Gasteiger partial charge in [0.25, 0.3) is 5.91 Å². The van der Waals surface area contributed by atoms with E-state index in [1.807, 2.05) is 33.2 Å². The maximum absolute atomic E-state index is 13.6. The molecule has 0 aliphatic carbocycles. The molecule has 1 saturated heterocycles. The van der Waals surface area contributed by atoms with Crippen molar-refractivity contribution in [1.82, 2.24) is 24.6 Å². The second-order valence-corrected chi connectivity index (χ2v) is 9.55. The molecule has 0 spiro atoms. The molecule has 1 fully saturated rings. The van der Waals surface area contributed by atoms with E-state index in [2.05, 4.69) is 43.8 Å². The van der Waals surface area contributed by atoms with Crippen molar-refractivity contribution in [2.75, 3.05) is 26.2 Å². The largest absolute Gasteiger partial charge is 0.336 e. The fourth-order valence-corrected chi connectivity index (χ4v) is 4.84. The molecule has 0 saturated carbocycles. The molecule has 1 atom stereocenters. The lowest BCUT2D eigenvalue weighted by Gasteiger charge is -2.38. The second-order valence-electron chi connectivity index (χ2n) is 8.60. The summed E-state index contributed by atoms with van der Waals surface area (Å²) in [7, 11) is 0. The highest BCUT2D eigenvalue weighted by Crippen LogP contribution is 2.30. The smallest absolute Gasteiger partial charge is 0.254 e. The first-order chi connectivity index (χ1) is 14.9. The van der Waals surface area contributed by atoms with E-state index in [1.165, 1.54) is 0 Å². The summed E-state index contributed by atoms with van der Waals surface area (Å²) < 4.78 is 1.88. The van der Waals surface area contributed by atoms with Crippen LogP contribution in [0.3, 0.4) is 0 Å². The van der Waals surface area contributed by atoms with Crippen molar-refractivity contribution in [2.24, 2.45) is 5.92 Å². The van der Waals surface area contributed by atoms with Gasteiger partial charge in [-0.1, -0.05) is 19.9 Å². The number of carbonyl (C=O) groups is 1. The molecular formula is C23H28N6OS. The van der Waals surface area contributed by atoms with Crippen LogP contribution in [0.1, 0.15) is 44.1 Å². The fourth-order valence-electron chi connectivity index (χ4n) is 4.15. The summed E-state index contributed by atoms with van der Waals surface area (Å²) >= 11 is 1.61. The van der Waals surface area contributed by atoms with Gasteiger partial charge in [0, 0.05) is 32.2 Å². The number of piperazine rings is 1. The lowest BCUT2D eigenvalue weighted by Crippen LogP contribution is -2.52. The van der Waals surface area contributed by atoms with Crippen LogP contribution < -0.4 is 0 Å². The lowest BCUT2D eigenvalue weighted by molar-refractivity contribution is 0.0578. The molecule has 4 heterocycles. The van der Waals surface area contributed by atoms with Gasteiger partial charge < -0.3 is 4.90 Å². The highest BCUT2D eigenvalue weighted by atomic mass is 32.1. The van der Waals surface area contributed by atoms with E-state index in [9.17, 15) is 10.1 Å². The number of nitrogens with zero attached hydrogens (tertiary/aromatic N) is 6. The molecular weight excluding hydrogens is 408 g/mol. The minimum Gasteiger partial charge on any atom is -0.336 e. The van der Waals surface area contributed by atoms with Gasteiger partial charge in [-0.15, -0.1) is 11.3 Å². The number of nitriles is 1. The quantitative estimate of drug-likeness (QED) is 0.603. The Balaban J connectivity index is 1.66. The van der Waals surface area contributed by atoms with Crippen LogP contribution in [0.25, 0.3) is 21.6 Å². The van der Waals surface area contributed by atoms with E-state index in [-0.39, 0.29) is 23.9 Å². The molecule has 8 heteroatoms. The number of hydrogen-bond donors (Lipinski definition) is 0. The number of hydrogen-bond acceptors (Lipinski definition) is 6. The summed E-state index contributed by atoms with van der Waals surface area (Å²) in [5, 5.41) is 16.8. The third-order valence-corrected chi connectivity index (χ3v) is 6.71. The van der Waals surface area contributed by atoms with Gasteiger partial charge in [0.15, 0.2) is 5.65 Å². The minimum atomic E-state index is -0.111. The van der Waals surface area contributed by atoms with Crippen molar-refractivity contribution in [3.05, 3.63) is 35.3 Å². The predicted molar refractivity (Wildman–Crippen MR) is 123 cm³/mol. The molecule has 0 N–H and O–H groups in total. The third kappa shape index (κ3) is 4.08.